The molecule has 3 rings (SSSR count). The van der Waals surface area contributed by atoms with E-state index in [4.69, 9.17) is 0 Å². The van der Waals surface area contributed by atoms with Gasteiger partial charge in [0.2, 0.25) is 0 Å². The number of aryl methyl sites for hydroxylation is 1. The summed E-state index contributed by atoms with van der Waals surface area (Å²) >= 11 is 0. The minimum absolute atomic E-state index is 0.0364. The molecule has 1 N–H and O–H groups in total. The van der Waals surface area contributed by atoms with Gasteiger partial charge in [0.25, 0.3) is 0 Å². The molecule has 1 aromatic rings. The summed E-state index contributed by atoms with van der Waals surface area (Å²) in [6.07, 6.45) is 13.3. The van der Waals surface area contributed by atoms with E-state index < -0.39 is 0 Å². The van der Waals surface area contributed by atoms with Crippen LogP contribution in [0.5, 0.6) is 0 Å². The molecule has 1 aliphatic heterocycles. The molecule has 1 saturated carbocycles. The predicted octanol–water partition coefficient (Wildman–Crippen LogP) is 2.61. The van der Waals surface area contributed by atoms with E-state index in [1.54, 1.807) is 0 Å². The van der Waals surface area contributed by atoms with Crippen LogP contribution in [0, 0.1) is 0 Å². The highest BCUT2D eigenvalue weighted by molar-refractivity contribution is 5.11. The first-order chi connectivity index (χ1) is 10.2. The Morgan fingerprint density at radius 2 is 1.90 bits per heavy atom. The van der Waals surface area contributed by atoms with Crippen LogP contribution in [-0.4, -0.2) is 44.5 Å². The van der Waals surface area contributed by atoms with Crippen molar-refractivity contribution in [1.82, 2.24) is 14.7 Å². The van der Waals surface area contributed by atoms with Crippen molar-refractivity contribution < 1.29 is 5.11 Å². The van der Waals surface area contributed by atoms with Crippen LogP contribution in [0.1, 0.15) is 57.4 Å². The molecule has 1 unspecified atom stereocenters. The summed E-state index contributed by atoms with van der Waals surface area (Å²) < 4.78 is 1.95. The van der Waals surface area contributed by atoms with Crippen LogP contribution < -0.4 is 0 Å². The third kappa shape index (κ3) is 3.02. The van der Waals surface area contributed by atoms with Crippen LogP contribution in [0.25, 0.3) is 0 Å². The zero-order chi connectivity index (χ0) is 14.7. The van der Waals surface area contributed by atoms with Gasteiger partial charge in [0.1, 0.15) is 0 Å². The van der Waals surface area contributed by atoms with Gasteiger partial charge in [-0.25, -0.2) is 0 Å². The smallest absolute Gasteiger partial charge is 0.0765 e. The SMILES string of the molecule is CCn1cc(CC(O)C2(N3CCCCC3)CCCC2)cn1. The summed E-state index contributed by atoms with van der Waals surface area (Å²) in [5.74, 6) is 0. The Bertz CT molecular complexity index is 445. The summed E-state index contributed by atoms with van der Waals surface area (Å²) in [6.45, 7) is 5.34. The van der Waals surface area contributed by atoms with Gasteiger partial charge in [-0.1, -0.05) is 19.3 Å². The minimum Gasteiger partial charge on any atom is -0.391 e. The van der Waals surface area contributed by atoms with Crippen molar-refractivity contribution in [3.05, 3.63) is 18.0 Å². The highest BCUT2D eigenvalue weighted by Crippen LogP contribution is 2.40. The highest BCUT2D eigenvalue weighted by Gasteiger charge is 2.45. The lowest BCUT2D eigenvalue weighted by Gasteiger charge is -2.46. The average Bonchev–Trinajstić information content (AvgIpc) is 3.18. The lowest BCUT2D eigenvalue weighted by molar-refractivity contribution is -0.0380. The van der Waals surface area contributed by atoms with Gasteiger partial charge in [0.05, 0.1) is 12.3 Å². The van der Waals surface area contributed by atoms with Crippen LogP contribution in [0.3, 0.4) is 0 Å². The normalized spacial score (nSPS) is 24.3. The minimum atomic E-state index is -0.257. The number of aliphatic hydroxyl groups excluding tert-OH is 1. The van der Waals surface area contributed by atoms with E-state index in [-0.39, 0.29) is 11.6 Å². The third-order valence-corrected chi connectivity index (χ3v) is 5.52. The standard InChI is InChI=1S/C17H29N3O/c1-2-20-14-15(13-18-20)12-16(21)17(8-4-5-9-17)19-10-6-3-7-11-19/h13-14,16,21H,2-12H2,1H3. The number of aliphatic hydroxyl groups is 1. The van der Waals surface area contributed by atoms with Crippen molar-refractivity contribution in [2.75, 3.05) is 13.1 Å². The molecular weight excluding hydrogens is 262 g/mol. The fraction of sp³-hybridized carbons (Fsp3) is 0.824. The van der Waals surface area contributed by atoms with Gasteiger partial charge >= 0.3 is 0 Å². The van der Waals surface area contributed by atoms with Gasteiger partial charge in [-0.15, -0.1) is 0 Å². The Balaban J connectivity index is 1.73. The van der Waals surface area contributed by atoms with Gasteiger partial charge in [-0.2, -0.15) is 5.10 Å². The molecule has 1 saturated heterocycles. The molecule has 0 amide bonds. The van der Waals surface area contributed by atoms with E-state index in [1.165, 1.54) is 50.8 Å². The average molecular weight is 291 g/mol. The first-order valence-electron chi connectivity index (χ1n) is 8.69. The molecule has 0 spiro atoms. The second-order valence-corrected chi connectivity index (χ2v) is 6.78. The molecular formula is C17H29N3O. The van der Waals surface area contributed by atoms with Crippen molar-refractivity contribution in [1.29, 1.82) is 0 Å². The molecule has 1 atom stereocenters. The number of nitrogens with zero attached hydrogens (tertiary/aromatic N) is 3. The van der Waals surface area contributed by atoms with Crippen molar-refractivity contribution >= 4 is 0 Å². The summed E-state index contributed by atoms with van der Waals surface area (Å²) in [6, 6.07) is 0. The monoisotopic (exact) mass is 291 g/mol. The van der Waals surface area contributed by atoms with Crippen LogP contribution in [0.15, 0.2) is 12.4 Å². The molecule has 2 fully saturated rings. The lowest BCUT2D eigenvalue weighted by atomic mass is 9.84. The first kappa shape index (κ1) is 15.0. The number of likely N-dealkylation sites (tertiary alicyclic amines) is 1. The molecule has 1 aliphatic carbocycles. The number of aromatic nitrogens is 2. The molecule has 0 radical (unpaired) electrons. The molecule has 118 valence electrons. The summed E-state index contributed by atoms with van der Waals surface area (Å²) in [7, 11) is 0. The zero-order valence-electron chi connectivity index (χ0n) is 13.3. The van der Waals surface area contributed by atoms with E-state index in [1.807, 2.05) is 10.9 Å². The van der Waals surface area contributed by atoms with Crippen molar-refractivity contribution in [2.45, 2.75) is 76.5 Å². The van der Waals surface area contributed by atoms with E-state index >= 15 is 0 Å². The van der Waals surface area contributed by atoms with Gasteiger partial charge < -0.3 is 5.11 Å². The van der Waals surface area contributed by atoms with Gasteiger partial charge in [0.15, 0.2) is 0 Å². The van der Waals surface area contributed by atoms with E-state index in [9.17, 15) is 5.11 Å². The Labute approximate surface area is 128 Å². The van der Waals surface area contributed by atoms with Crippen LogP contribution in [-0.2, 0) is 13.0 Å². The third-order valence-electron chi connectivity index (χ3n) is 5.52. The van der Waals surface area contributed by atoms with Gasteiger partial charge in [-0.05, 0) is 51.3 Å². The van der Waals surface area contributed by atoms with Crippen molar-refractivity contribution in [2.24, 2.45) is 0 Å². The van der Waals surface area contributed by atoms with Gasteiger partial charge in [-0.3, -0.25) is 9.58 Å². The number of piperidine rings is 1. The van der Waals surface area contributed by atoms with Crippen molar-refractivity contribution in [3.63, 3.8) is 0 Å². The lowest BCUT2D eigenvalue weighted by Crippen LogP contribution is -2.57. The number of hydrogen-bond donors (Lipinski definition) is 1. The van der Waals surface area contributed by atoms with Crippen LogP contribution in [0.2, 0.25) is 0 Å². The Morgan fingerprint density at radius 1 is 1.19 bits per heavy atom. The maximum absolute atomic E-state index is 11.0. The fourth-order valence-electron chi connectivity index (χ4n) is 4.28. The molecule has 21 heavy (non-hydrogen) atoms. The molecule has 4 nitrogen and oxygen atoms in total. The Kier molecular flexibility index (Phi) is 4.65. The molecule has 4 heteroatoms. The fourth-order valence-corrected chi connectivity index (χ4v) is 4.28. The summed E-state index contributed by atoms with van der Waals surface area (Å²) in [4.78, 5) is 2.61. The highest BCUT2D eigenvalue weighted by atomic mass is 16.3. The van der Waals surface area contributed by atoms with E-state index in [2.05, 4.69) is 23.1 Å². The second kappa shape index (κ2) is 6.49. The molecule has 0 bridgehead atoms. The van der Waals surface area contributed by atoms with Crippen LogP contribution in [0.4, 0.5) is 0 Å². The quantitative estimate of drug-likeness (QED) is 0.906. The second-order valence-electron chi connectivity index (χ2n) is 6.78. The van der Waals surface area contributed by atoms with Crippen molar-refractivity contribution in [3.8, 4) is 0 Å². The topological polar surface area (TPSA) is 41.3 Å². The largest absolute Gasteiger partial charge is 0.391 e. The number of hydrogen-bond acceptors (Lipinski definition) is 3. The molecule has 2 heterocycles. The maximum Gasteiger partial charge on any atom is 0.0765 e. The zero-order valence-corrected chi connectivity index (χ0v) is 13.3. The molecule has 1 aromatic heterocycles. The Morgan fingerprint density at radius 3 is 2.52 bits per heavy atom. The first-order valence-corrected chi connectivity index (χ1v) is 8.69. The predicted molar refractivity (Wildman–Crippen MR) is 84.2 cm³/mol. The maximum atomic E-state index is 11.0. The van der Waals surface area contributed by atoms with E-state index in [0.29, 0.717) is 0 Å². The molecule has 0 aromatic carbocycles. The summed E-state index contributed by atoms with van der Waals surface area (Å²) in [5, 5.41) is 15.3. The van der Waals surface area contributed by atoms with Crippen LogP contribution >= 0.6 is 0 Å². The Hall–Kier alpha value is -0.870. The molecule has 2 aliphatic rings. The summed E-state index contributed by atoms with van der Waals surface area (Å²) in [5.41, 5.74) is 1.21. The van der Waals surface area contributed by atoms with Gasteiger partial charge in [0, 0.05) is 24.7 Å². The van der Waals surface area contributed by atoms with E-state index in [0.717, 1.165) is 25.8 Å². The number of rotatable bonds is 5.